The molecule has 0 bridgehead atoms. The average Bonchev–Trinajstić information content (AvgIpc) is 3.07. The van der Waals surface area contributed by atoms with Crippen molar-refractivity contribution in [2.45, 2.75) is 24.3 Å². The highest BCUT2D eigenvalue weighted by molar-refractivity contribution is 6.30. The second-order valence-electron chi connectivity index (χ2n) is 8.17. The van der Waals surface area contributed by atoms with E-state index < -0.39 is 24.6 Å². The molecule has 0 radical (unpaired) electrons. The minimum Gasteiger partial charge on any atom is -0.406 e. The summed E-state index contributed by atoms with van der Waals surface area (Å²) in [5.74, 6) is -0.294. The third-order valence-electron chi connectivity index (χ3n) is 5.85. The number of aliphatic hydroxyl groups excluding tert-OH is 1. The number of alkyl halides is 4. The Morgan fingerprint density at radius 3 is 2.52 bits per heavy atom. The SMILES string of the molecule is O[C@@H](CF)CN1CC(Cc2cccc(OC(F)(F)F)c2)(c2cccc(Cl)c2)c2ccccc21. The summed E-state index contributed by atoms with van der Waals surface area (Å²) in [6, 6.07) is 20.8. The summed E-state index contributed by atoms with van der Waals surface area (Å²) in [5.41, 5.74) is 2.60. The lowest BCUT2D eigenvalue weighted by Crippen LogP contribution is -2.40. The zero-order chi connectivity index (χ0) is 23.6. The van der Waals surface area contributed by atoms with Crippen molar-refractivity contribution < 1.29 is 27.4 Å². The standard InChI is InChI=1S/C25H22ClF4NO2/c26-19-7-4-6-18(12-19)24(13-17-5-3-8-21(11-17)33-25(28,29)30)16-31(15-20(32)14-27)23-10-2-1-9-22(23)24/h1-12,20,32H,13-16H2/t20-,24?/m0/s1. The van der Waals surface area contributed by atoms with Crippen molar-refractivity contribution in [3.8, 4) is 5.75 Å². The summed E-state index contributed by atoms with van der Waals surface area (Å²) in [6.07, 6.45) is -5.60. The van der Waals surface area contributed by atoms with Gasteiger partial charge in [0.25, 0.3) is 0 Å². The first-order chi connectivity index (χ1) is 15.7. The molecule has 0 amide bonds. The van der Waals surface area contributed by atoms with Gasteiger partial charge in [-0.15, -0.1) is 13.2 Å². The van der Waals surface area contributed by atoms with Crippen LogP contribution in [-0.4, -0.2) is 37.3 Å². The van der Waals surface area contributed by atoms with Crippen molar-refractivity contribution >= 4 is 17.3 Å². The van der Waals surface area contributed by atoms with Gasteiger partial charge in [-0.3, -0.25) is 0 Å². The first-order valence-electron chi connectivity index (χ1n) is 10.4. The van der Waals surface area contributed by atoms with Crippen molar-refractivity contribution in [1.29, 1.82) is 0 Å². The number of anilines is 1. The number of halogens is 5. The van der Waals surface area contributed by atoms with Crippen molar-refractivity contribution in [2.75, 3.05) is 24.7 Å². The third-order valence-corrected chi connectivity index (χ3v) is 6.08. The predicted molar refractivity (Wildman–Crippen MR) is 120 cm³/mol. The van der Waals surface area contributed by atoms with Gasteiger partial charge in [-0.1, -0.05) is 54.1 Å². The van der Waals surface area contributed by atoms with E-state index in [2.05, 4.69) is 4.74 Å². The largest absolute Gasteiger partial charge is 0.573 e. The van der Waals surface area contributed by atoms with Crippen LogP contribution in [0.4, 0.5) is 23.2 Å². The molecule has 0 saturated carbocycles. The number of para-hydroxylation sites is 1. The lowest BCUT2D eigenvalue weighted by molar-refractivity contribution is -0.274. The fraction of sp³-hybridized carbons (Fsp3) is 0.280. The topological polar surface area (TPSA) is 32.7 Å². The Morgan fingerprint density at radius 1 is 1.03 bits per heavy atom. The second kappa shape index (κ2) is 9.23. The zero-order valence-corrected chi connectivity index (χ0v) is 18.3. The van der Waals surface area contributed by atoms with Gasteiger partial charge in [0.2, 0.25) is 0 Å². The Kier molecular flexibility index (Phi) is 6.54. The number of aliphatic hydroxyl groups is 1. The van der Waals surface area contributed by atoms with Crippen LogP contribution in [0.15, 0.2) is 72.8 Å². The average molecular weight is 480 g/mol. The molecule has 0 fully saturated rings. The van der Waals surface area contributed by atoms with Gasteiger partial charge < -0.3 is 14.7 Å². The molecule has 33 heavy (non-hydrogen) atoms. The lowest BCUT2D eigenvalue weighted by Gasteiger charge is -2.32. The number of β-amino-alcohol motifs (C(OH)–C–C–N with tert-alkyl or cyclic N) is 1. The summed E-state index contributed by atoms with van der Waals surface area (Å²) in [4.78, 5) is 1.91. The summed E-state index contributed by atoms with van der Waals surface area (Å²) < 4.78 is 55.5. The number of benzene rings is 3. The summed E-state index contributed by atoms with van der Waals surface area (Å²) >= 11 is 6.31. The molecule has 3 aromatic rings. The number of ether oxygens (including phenoxy) is 1. The van der Waals surface area contributed by atoms with Crippen LogP contribution >= 0.6 is 11.6 Å². The molecule has 1 aliphatic heterocycles. The smallest absolute Gasteiger partial charge is 0.406 e. The van der Waals surface area contributed by atoms with Crippen LogP contribution in [0.1, 0.15) is 16.7 Å². The molecule has 1 aliphatic rings. The number of rotatable bonds is 7. The number of nitrogens with zero attached hydrogens (tertiary/aromatic N) is 1. The van der Waals surface area contributed by atoms with Crippen LogP contribution in [-0.2, 0) is 11.8 Å². The molecule has 1 unspecified atom stereocenters. The van der Waals surface area contributed by atoms with Gasteiger partial charge in [-0.25, -0.2) is 4.39 Å². The highest BCUT2D eigenvalue weighted by Gasteiger charge is 2.44. The molecule has 0 aromatic heterocycles. The molecule has 1 heterocycles. The van der Waals surface area contributed by atoms with Crippen molar-refractivity contribution in [2.24, 2.45) is 0 Å². The number of hydrogen-bond acceptors (Lipinski definition) is 3. The molecule has 0 aliphatic carbocycles. The van der Waals surface area contributed by atoms with E-state index in [-0.39, 0.29) is 12.3 Å². The van der Waals surface area contributed by atoms with Crippen LogP contribution in [0.25, 0.3) is 0 Å². The summed E-state index contributed by atoms with van der Waals surface area (Å²) in [6.45, 7) is -0.388. The Morgan fingerprint density at radius 2 is 1.79 bits per heavy atom. The van der Waals surface area contributed by atoms with E-state index in [0.717, 1.165) is 16.8 Å². The van der Waals surface area contributed by atoms with Crippen molar-refractivity contribution in [3.63, 3.8) is 0 Å². The molecule has 4 rings (SSSR count). The summed E-state index contributed by atoms with van der Waals surface area (Å²) in [5, 5.41) is 10.5. The van der Waals surface area contributed by atoms with Gasteiger partial charge >= 0.3 is 6.36 Å². The van der Waals surface area contributed by atoms with Gasteiger partial charge in [0.05, 0.1) is 6.10 Å². The molecule has 8 heteroatoms. The van der Waals surface area contributed by atoms with Gasteiger partial charge in [-0.05, 0) is 53.4 Å². The Bertz CT molecular complexity index is 1120. The van der Waals surface area contributed by atoms with Crippen LogP contribution in [0.2, 0.25) is 5.02 Å². The molecule has 3 aromatic carbocycles. The van der Waals surface area contributed by atoms with Gasteiger partial charge in [0.1, 0.15) is 12.4 Å². The Labute approximate surface area is 194 Å². The fourth-order valence-electron chi connectivity index (χ4n) is 4.60. The maximum absolute atomic E-state index is 13.1. The molecule has 1 N–H and O–H groups in total. The Balaban J connectivity index is 1.81. The monoisotopic (exact) mass is 479 g/mol. The third kappa shape index (κ3) is 5.09. The normalized spacial score (nSPS) is 18.8. The lowest BCUT2D eigenvalue weighted by atomic mass is 9.72. The van der Waals surface area contributed by atoms with E-state index in [1.165, 1.54) is 18.2 Å². The molecule has 0 spiro atoms. The highest BCUT2D eigenvalue weighted by atomic mass is 35.5. The predicted octanol–water partition coefficient (Wildman–Crippen LogP) is 5.92. The van der Waals surface area contributed by atoms with E-state index in [0.29, 0.717) is 23.6 Å². The van der Waals surface area contributed by atoms with E-state index >= 15 is 0 Å². The molecule has 0 saturated heterocycles. The maximum Gasteiger partial charge on any atom is 0.573 e. The minimum absolute atomic E-state index is 0.0903. The van der Waals surface area contributed by atoms with Crippen LogP contribution in [0, 0.1) is 0 Å². The first kappa shape index (κ1) is 23.4. The van der Waals surface area contributed by atoms with Crippen LogP contribution in [0.3, 0.4) is 0 Å². The number of hydrogen-bond donors (Lipinski definition) is 1. The zero-order valence-electron chi connectivity index (χ0n) is 17.5. The molecular weight excluding hydrogens is 458 g/mol. The summed E-state index contributed by atoms with van der Waals surface area (Å²) in [7, 11) is 0. The van der Waals surface area contributed by atoms with Crippen molar-refractivity contribution in [1.82, 2.24) is 0 Å². The van der Waals surface area contributed by atoms with E-state index in [1.54, 1.807) is 12.1 Å². The van der Waals surface area contributed by atoms with Crippen LogP contribution < -0.4 is 9.64 Å². The maximum atomic E-state index is 13.1. The molecule has 2 atom stereocenters. The minimum atomic E-state index is -4.79. The highest BCUT2D eigenvalue weighted by Crippen LogP contribution is 2.48. The number of fused-ring (bicyclic) bond motifs is 1. The van der Waals surface area contributed by atoms with E-state index in [4.69, 9.17) is 11.6 Å². The molecular formula is C25H22ClF4NO2. The Hall–Kier alpha value is -2.77. The van der Waals surface area contributed by atoms with Crippen molar-refractivity contribution in [3.05, 3.63) is 94.5 Å². The molecule has 174 valence electrons. The first-order valence-corrected chi connectivity index (χ1v) is 10.8. The quantitative estimate of drug-likeness (QED) is 0.427. The van der Waals surface area contributed by atoms with E-state index in [9.17, 15) is 22.7 Å². The van der Waals surface area contributed by atoms with Gasteiger partial charge in [0.15, 0.2) is 0 Å². The van der Waals surface area contributed by atoms with E-state index in [1.807, 2.05) is 47.4 Å². The van der Waals surface area contributed by atoms with Crippen LogP contribution in [0.5, 0.6) is 5.75 Å². The second-order valence-corrected chi connectivity index (χ2v) is 8.61. The van der Waals surface area contributed by atoms with Gasteiger partial charge in [0, 0.05) is 29.2 Å². The molecule has 3 nitrogen and oxygen atoms in total. The fourth-order valence-corrected chi connectivity index (χ4v) is 4.79. The van der Waals surface area contributed by atoms with Gasteiger partial charge in [-0.2, -0.15) is 0 Å².